The highest BCUT2D eigenvalue weighted by molar-refractivity contribution is 5.97. The normalized spacial score (nSPS) is 18.6. The first-order valence-corrected chi connectivity index (χ1v) is 15.0. The average Bonchev–Trinajstić information content (AvgIpc) is 3.79. The molecule has 2 atom stereocenters. The van der Waals surface area contributed by atoms with Gasteiger partial charge >= 0.3 is 6.18 Å². The highest BCUT2D eigenvalue weighted by Crippen LogP contribution is 2.46. The van der Waals surface area contributed by atoms with Crippen LogP contribution in [0.25, 0.3) is 22.4 Å². The zero-order chi connectivity index (χ0) is 33.7. The Morgan fingerprint density at radius 2 is 1.81 bits per heavy atom. The number of aliphatic hydroxyl groups is 1. The number of alkyl halides is 3. The van der Waals surface area contributed by atoms with Crippen molar-refractivity contribution in [3.8, 4) is 33.9 Å². The zero-order valence-electron chi connectivity index (χ0n) is 25.5. The van der Waals surface area contributed by atoms with Gasteiger partial charge in [-0.2, -0.15) is 13.2 Å². The van der Waals surface area contributed by atoms with Gasteiger partial charge in [0.1, 0.15) is 40.6 Å². The van der Waals surface area contributed by atoms with Gasteiger partial charge in [0.05, 0.1) is 17.4 Å². The first kappa shape index (κ1) is 32.1. The Labute approximate surface area is 267 Å². The van der Waals surface area contributed by atoms with Crippen LogP contribution in [0.1, 0.15) is 66.7 Å². The molecule has 4 aromatic rings. The molecule has 2 aromatic carbocycles. The Morgan fingerprint density at radius 3 is 2.47 bits per heavy atom. The van der Waals surface area contributed by atoms with Crippen LogP contribution in [0.15, 0.2) is 67.0 Å². The molecule has 3 N–H and O–H groups in total. The molecule has 1 aliphatic heterocycles. The summed E-state index contributed by atoms with van der Waals surface area (Å²) in [5.41, 5.74) is 3.45. The van der Waals surface area contributed by atoms with Crippen molar-refractivity contribution in [2.75, 3.05) is 6.61 Å². The summed E-state index contributed by atoms with van der Waals surface area (Å²) in [4.78, 5) is 34.5. The minimum absolute atomic E-state index is 0.0532. The van der Waals surface area contributed by atoms with Crippen LogP contribution in [-0.4, -0.2) is 39.5 Å². The fourth-order valence-electron chi connectivity index (χ4n) is 5.53. The van der Waals surface area contributed by atoms with E-state index in [1.165, 1.54) is 55.5 Å². The zero-order valence-corrected chi connectivity index (χ0v) is 25.5. The molecule has 0 radical (unpaired) electrons. The highest BCUT2D eigenvalue weighted by Gasteiger charge is 2.45. The Morgan fingerprint density at radius 1 is 1.09 bits per heavy atom. The summed E-state index contributed by atoms with van der Waals surface area (Å²) in [5, 5.41) is 11.6. The number of hydrogen-bond donors (Lipinski definition) is 2. The van der Waals surface area contributed by atoms with Crippen molar-refractivity contribution in [3.63, 3.8) is 0 Å². The van der Waals surface area contributed by atoms with Gasteiger partial charge in [0, 0.05) is 46.6 Å². The lowest BCUT2D eigenvalue weighted by molar-refractivity contribution is -0.137. The van der Waals surface area contributed by atoms with E-state index in [1.807, 2.05) is 0 Å². The summed E-state index contributed by atoms with van der Waals surface area (Å²) in [5.74, 6) is -1.06. The van der Waals surface area contributed by atoms with E-state index in [-0.39, 0.29) is 65.2 Å². The number of halogens is 4. The van der Waals surface area contributed by atoms with Gasteiger partial charge in [0.25, 0.3) is 0 Å². The maximum absolute atomic E-state index is 13.8. The van der Waals surface area contributed by atoms with Gasteiger partial charge in [-0.3, -0.25) is 14.6 Å². The number of ether oxygens (including phenoxy) is 2. The Bertz CT molecular complexity index is 1870. The SMILES string of the molecule is C[C@](O)(CCC(=O)c1ccc(-c2cnccc2C(F)(F)F)c(OC2CC2)c1)c1cc2c(c(-c3ccc(F)cc3)n1)OC[C@]2(C)C(N)=O. The largest absolute Gasteiger partial charge is 0.490 e. The molecule has 1 saturated carbocycles. The fourth-order valence-corrected chi connectivity index (χ4v) is 5.53. The van der Waals surface area contributed by atoms with E-state index in [2.05, 4.69) is 9.97 Å². The summed E-state index contributed by atoms with van der Waals surface area (Å²) < 4.78 is 66.9. The Balaban J connectivity index is 1.30. The van der Waals surface area contributed by atoms with Gasteiger partial charge in [-0.1, -0.05) is 6.07 Å². The van der Waals surface area contributed by atoms with Crippen molar-refractivity contribution in [3.05, 3.63) is 95.2 Å². The minimum atomic E-state index is -4.63. The first-order chi connectivity index (χ1) is 22.2. The van der Waals surface area contributed by atoms with Crippen molar-refractivity contribution in [2.45, 2.75) is 62.8 Å². The van der Waals surface area contributed by atoms with Gasteiger partial charge in [-0.15, -0.1) is 0 Å². The predicted octanol–water partition coefficient (Wildman–Crippen LogP) is 6.52. The maximum Gasteiger partial charge on any atom is 0.417 e. The number of primary amides is 1. The van der Waals surface area contributed by atoms with Crippen molar-refractivity contribution in [1.82, 2.24) is 9.97 Å². The van der Waals surface area contributed by atoms with E-state index in [9.17, 15) is 32.3 Å². The van der Waals surface area contributed by atoms with Crippen LogP contribution in [-0.2, 0) is 22.0 Å². The molecule has 0 saturated heterocycles. The van der Waals surface area contributed by atoms with Crippen LogP contribution in [0, 0.1) is 5.82 Å². The average molecular weight is 650 g/mol. The van der Waals surface area contributed by atoms with Crippen LogP contribution in [0.2, 0.25) is 0 Å². The second kappa shape index (κ2) is 11.8. The molecule has 0 bridgehead atoms. The second-order valence-corrected chi connectivity index (χ2v) is 12.4. The number of hydrogen-bond acceptors (Lipinski definition) is 7. The van der Waals surface area contributed by atoms with E-state index in [1.54, 1.807) is 6.92 Å². The van der Waals surface area contributed by atoms with Gasteiger partial charge in [0.15, 0.2) is 5.78 Å². The molecule has 0 unspecified atom stereocenters. The summed E-state index contributed by atoms with van der Waals surface area (Å²) >= 11 is 0. The maximum atomic E-state index is 13.8. The number of carbonyl (C=O) groups excluding carboxylic acids is 2. The molecule has 1 fully saturated rings. The standard InChI is InChI=1S/C35H31F4N3O5/c1-33(32(40)44)18-46-31-26(33)16-29(42-30(31)19-3-6-21(36)7-4-19)34(2,45)13-11-27(43)20-5-10-23(28(15-20)47-22-8-9-22)24-17-41-14-12-25(24)35(37,38)39/h3-7,10,12,14-17,22,45H,8-9,11,13,18H2,1-2H3,(H2,40,44)/t33-,34-/m0/s1. The molecule has 2 aromatic heterocycles. The van der Waals surface area contributed by atoms with Crippen LogP contribution >= 0.6 is 0 Å². The number of ketones is 1. The molecular formula is C35H31F4N3O5. The Hall–Kier alpha value is -4.84. The molecule has 8 nitrogen and oxygen atoms in total. The van der Waals surface area contributed by atoms with Gasteiger partial charge in [-0.05, 0) is 81.6 Å². The summed E-state index contributed by atoms with van der Waals surface area (Å²) in [7, 11) is 0. The van der Waals surface area contributed by atoms with E-state index in [0.29, 0.717) is 16.9 Å². The Kier molecular flexibility index (Phi) is 8.03. The molecule has 1 amide bonds. The number of nitrogens with zero attached hydrogens (tertiary/aromatic N) is 2. The molecule has 47 heavy (non-hydrogen) atoms. The van der Waals surface area contributed by atoms with E-state index in [0.717, 1.165) is 31.3 Å². The van der Waals surface area contributed by atoms with E-state index >= 15 is 0 Å². The number of benzene rings is 2. The quantitative estimate of drug-likeness (QED) is 0.148. The number of rotatable bonds is 10. The predicted molar refractivity (Wildman–Crippen MR) is 163 cm³/mol. The molecular weight excluding hydrogens is 618 g/mol. The molecule has 0 spiro atoms. The fraction of sp³-hybridized carbons (Fsp3) is 0.314. The third-order valence-electron chi connectivity index (χ3n) is 8.66. The number of amides is 1. The smallest absolute Gasteiger partial charge is 0.417 e. The van der Waals surface area contributed by atoms with E-state index in [4.69, 9.17) is 15.2 Å². The lowest BCUT2D eigenvalue weighted by atomic mass is 9.81. The number of nitrogens with two attached hydrogens (primary N) is 1. The number of pyridine rings is 2. The molecule has 12 heteroatoms. The number of Topliss-reactive ketones (excluding diaryl/α,β-unsaturated/α-hetero) is 1. The van der Waals surface area contributed by atoms with Gasteiger partial charge in [0.2, 0.25) is 5.91 Å². The summed E-state index contributed by atoms with van der Waals surface area (Å²) in [6.45, 7) is 3.04. The molecule has 3 heterocycles. The highest BCUT2D eigenvalue weighted by atomic mass is 19.4. The lowest BCUT2D eigenvalue weighted by Gasteiger charge is -2.26. The van der Waals surface area contributed by atoms with Crippen LogP contribution in [0.4, 0.5) is 17.6 Å². The van der Waals surface area contributed by atoms with Gasteiger partial charge < -0.3 is 20.3 Å². The number of fused-ring (bicyclic) bond motifs is 1. The first-order valence-electron chi connectivity index (χ1n) is 15.0. The second-order valence-electron chi connectivity index (χ2n) is 12.4. The number of carbonyl (C=O) groups is 2. The van der Waals surface area contributed by atoms with Gasteiger partial charge in [-0.25, -0.2) is 9.37 Å². The number of aromatic nitrogens is 2. The van der Waals surface area contributed by atoms with Crippen molar-refractivity contribution >= 4 is 11.7 Å². The van der Waals surface area contributed by atoms with Crippen LogP contribution in [0.5, 0.6) is 11.5 Å². The van der Waals surface area contributed by atoms with Crippen molar-refractivity contribution < 1.29 is 41.7 Å². The molecule has 6 rings (SSSR count). The summed E-state index contributed by atoms with van der Waals surface area (Å²) in [6, 6.07) is 12.2. The van der Waals surface area contributed by atoms with Crippen molar-refractivity contribution in [1.29, 1.82) is 0 Å². The third-order valence-corrected chi connectivity index (χ3v) is 8.66. The van der Waals surface area contributed by atoms with E-state index < -0.39 is 34.5 Å². The molecule has 244 valence electrons. The topological polar surface area (TPSA) is 125 Å². The lowest BCUT2D eigenvalue weighted by Crippen LogP contribution is -2.40. The molecule has 2 aliphatic rings. The minimum Gasteiger partial charge on any atom is -0.490 e. The summed E-state index contributed by atoms with van der Waals surface area (Å²) in [6.07, 6.45) is -1.38. The van der Waals surface area contributed by atoms with Crippen LogP contribution in [0.3, 0.4) is 0 Å². The monoisotopic (exact) mass is 649 g/mol. The van der Waals surface area contributed by atoms with Crippen molar-refractivity contribution in [2.24, 2.45) is 5.73 Å². The third kappa shape index (κ3) is 6.29. The van der Waals surface area contributed by atoms with Crippen LogP contribution < -0.4 is 15.2 Å². The molecule has 1 aliphatic carbocycles.